The fourth-order valence-corrected chi connectivity index (χ4v) is 4.02. The van der Waals surface area contributed by atoms with Crippen molar-refractivity contribution in [3.05, 3.63) is 23.4 Å². The van der Waals surface area contributed by atoms with Crippen molar-refractivity contribution in [2.75, 3.05) is 16.8 Å². The number of pyridine rings is 1. The third kappa shape index (κ3) is 4.93. The molecule has 20 heavy (non-hydrogen) atoms. The topological polar surface area (TPSA) is 67.8 Å². The number of anilines is 1. The van der Waals surface area contributed by atoms with Gasteiger partial charge in [0.1, 0.15) is 5.82 Å². The molecular formula is C11H11ClN4OS3. The van der Waals surface area contributed by atoms with Crippen LogP contribution >= 0.6 is 46.5 Å². The SMILES string of the molecule is CCSc1nnc(SCC(=O)Nc2ccc(Cl)cn2)s1. The lowest BCUT2D eigenvalue weighted by molar-refractivity contribution is -0.113. The van der Waals surface area contributed by atoms with E-state index in [1.165, 1.54) is 29.3 Å². The monoisotopic (exact) mass is 346 g/mol. The first-order chi connectivity index (χ1) is 9.67. The predicted octanol–water partition coefficient (Wildman–Crippen LogP) is 3.43. The number of halogens is 1. The molecule has 5 nitrogen and oxygen atoms in total. The summed E-state index contributed by atoms with van der Waals surface area (Å²) in [5.41, 5.74) is 0. The fraction of sp³-hybridized carbons (Fsp3) is 0.273. The molecule has 0 aliphatic rings. The third-order valence-corrected chi connectivity index (χ3v) is 5.27. The van der Waals surface area contributed by atoms with Crippen molar-refractivity contribution in [2.24, 2.45) is 0 Å². The molecule has 9 heteroatoms. The molecule has 0 aromatic carbocycles. The predicted molar refractivity (Wildman–Crippen MR) is 84.9 cm³/mol. The van der Waals surface area contributed by atoms with Crippen molar-refractivity contribution in [3.63, 3.8) is 0 Å². The minimum absolute atomic E-state index is 0.135. The molecule has 0 aliphatic carbocycles. The molecule has 0 spiro atoms. The first-order valence-corrected chi connectivity index (χ1v) is 8.84. The molecule has 0 fully saturated rings. The van der Waals surface area contributed by atoms with Gasteiger partial charge in [0.2, 0.25) is 5.91 Å². The van der Waals surface area contributed by atoms with E-state index >= 15 is 0 Å². The minimum Gasteiger partial charge on any atom is -0.310 e. The summed E-state index contributed by atoms with van der Waals surface area (Å²) in [5, 5.41) is 11.3. The van der Waals surface area contributed by atoms with Crippen LogP contribution in [0.15, 0.2) is 27.0 Å². The van der Waals surface area contributed by atoms with E-state index in [4.69, 9.17) is 11.6 Å². The summed E-state index contributed by atoms with van der Waals surface area (Å²) in [7, 11) is 0. The van der Waals surface area contributed by atoms with E-state index < -0.39 is 0 Å². The average molecular weight is 347 g/mol. The summed E-state index contributed by atoms with van der Waals surface area (Å²) in [6, 6.07) is 3.34. The number of thioether (sulfide) groups is 2. The molecule has 0 saturated heterocycles. The lowest BCUT2D eigenvalue weighted by Gasteiger charge is -2.02. The molecule has 2 aromatic heterocycles. The average Bonchev–Trinajstić information content (AvgIpc) is 2.87. The highest BCUT2D eigenvalue weighted by atomic mass is 35.5. The number of hydrogen-bond donors (Lipinski definition) is 1. The maximum Gasteiger partial charge on any atom is 0.235 e. The van der Waals surface area contributed by atoms with Gasteiger partial charge in [-0.25, -0.2) is 4.98 Å². The van der Waals surface area contributed by atoms with Gasteiger partial charge in [-0.3, -0.25) is 4.79 Å². The Morgan fingerprint density at radius 3 is 2.75 bits per heavy atom. The Morgan fingerprint density at radius 1 is 1.35 bits per heavy atom. The number of hydrogen-bond acceptors (Lipinski definition) is 7. The van der Waals surface area contributed by atoms with Gasteiger partial charge in [-0.1, -0.05) is 53.4 Å². The van der Waals surface area contributed by atoms with E-state index in [2.05, 4.69) is 27.4 Å². The van der Waals surface area contributed by atoms with E-state index in [1.807, 2.05) is 0 Å². The molecule has 0 unspecified atom stereocenters. The van der Waals surface area contributed by atoms with Crippen LogP contribution in [0.25, 0.3) is 0 Å². The Balaban J connectivity index is 1.80. The number of carbonyl (C=O) groups is 1. The largest absolute Gasteiger partial charge is 0.310 e. The van der Waals surface area contributed by atoms with Crippen molar-refractivity contribution < 1.29 is 4.79 Å². The van der Waals surface area contributed by atoms with Gasteiger partial charge in [-0.15, -0.1) is 10.2 Å². The summed E-state index contributed by atoms with van der Waals surface area (Å²) >= 11 is 10.2. The van der Waals surface area contributed by atoms with Crippen LogP contribution in [0.2, 0.25) is 5.02 Å². The summed E-state index contributed by atoms with van der Waals surface area (Å²) in [6.45, 7) is 2.06. The van der Waals surface area contributed by atoms with E-state index in [0.29, 0.717) is 10.8 Å². The molecule has 0 radical (unpaired) electrons. The minimum atomic E-state index is -0.135. The summed E-state index contributed by atoms with van der Waals surface area (Å²) in [4.78, 5) is 15.7. The van der Waals surface area contributed by atoms with Gasteiger partial charge in [0.15, 0.2) is 8.68 Å². The van der Waals surface area contributed by atoms with Crippen LogP contribution < -0.4 is 5.32 Å². The van der Waals surface area contributed by atoms with Gasteiger partial charge < -0.3 is 5.32 Å². The van der Waals surface area contributed by atoms with E-state index in [0.717, 1.165) is 14.4 Å². The highest BCUT2D eigenvalue weighted by molar-refractivity contribution is 8.03. The Morgan fingerprint density at radius 2 is 2.10 bits per heavy atom. The fourth-order valence-electron chi connectivity index (χ4n) is 1.19. The molecule has 1 N–H and O–H groups in total. The van der Waals surface area contributed by atoms with Crippen molar-refractivity contribution in [1.82, 2.24) is 15.2 Å². The van der Waals surface area contributed by atoms with E-state index in [1.54, 1.807) is 23.9 Å². The van der Waals surface area contributed by atoms with Crippen LogP contribution in [0.1, 0.15) is 6.92 Å². The van der Waals surface area contributed by atoms with Crippen LogP contribution in [0, 0.1) is 0 Å². The highest BCUT2D eigenvalue weighted by Crippen LogP contribution is 2.28. The van der Waals surface area contributed by atoms with Gasteiger partial charge >= 0.3 is 0 Å². The summed E-state index contributed by atoms with van der Waals surface area (Å²) < 4.78 is 1.72. The second kappa shape index (κ2) is 7.82. The first-order valence-electron chi connectivity index (χ1n) is 5.68. The van der Waals surface area contributed by atoms with E-state index in [-0.39, 0.29) is 11.7 Å². The normalized spacial score (nSPS) is 10.5. The molecule has 2 heterocycles. The molecule has 0 bridgehead atoms. The van der Waals surface area contributed by atoms with Gasteiger partial charge in [0.05, 0.1) is 10.8 Å². The smallest absolute Gasteiger partial charge is 0.235 e. The second-order valence-electron chi connectivity index (χ2n) is 3.47. The molecule has 0 atom stereocenters. The summed E-state index contributed by atoms with van der Waals surface area (Å²) in [6.07, 6.45) is 1.49. The lowest BCUT2D eigenvalue weighted by atomic mass is 10.4. The maximum atomic E-state index is 11.7. The summed E-state index contributed by atoms with van der Waals surface area (Å²) in [5.74, 6) is 1.59. The highest BCUT2D eigenvalue weighted by Gasteiger charge is 2.08. The Kier molecular flexibility index (Phi) is 6.08. The van der Waals surface area contributed by atoms with Crippen LogP contribution in [0.4, 0.5) is 5.82 Å². The molecule has 106 valence electrons. The van der Waals surface area contributed by atoms with Gasteiger partial charge in [-0.05, 0) is 17.9 Å². The number of amides is 1. The number of aromatic nitrogens is 3. The molecule has 1 amide bonds. The Labute approximate surface area is 133 Å². The van der Waals surface area contributed by atoms with Crippen molar-refractivity contribution in [3.8, 4) is 0 Å². The quantitative estimate of drug-likeness (QED) is 0.808. The van der Waals surface area contributed by atoms with Crippen LogP contribution in [-0.4, -0.2) is 32.6 Å². The number of nitrogens with one attached hydrogen (secondary N) is 1. The zero-order valence-corrected chi connectivity index (χ0v) is 13.7. The number of nitrogens with zero attached hydrogens (tertiary/aromatic N) is 3. The lowest BCUT2D eigenvalue weighted by Crippen LogP contribution is -2.14. The van der Waals surface area contributed by atoms with Gasteiger partial charge in [0.25, 0.3) is 0 Å². The number of rotatable bonds is 6. The van der Waals surface area contributed by atoms with Crippen LogP contribution in [0.5, 0.6) is 0 Å². The molecule has 2 rings (SSSR count). The Bertz CT molecular complexity index is 575. The zero-order valence-electron chi connectivity index (χ0n) is 10.5. The Hall–Kier alpha value is -0.830. The van der Waals surface area contributed by atoms with Gasteiger partial charge in [0, 0.05) is 6.20 Å². The van der Waals surface area contributed by atoms with Crippen molar-refractivity contribution >= 4 is 58.2 Å². The van der Waals surface area contributed by atoms with Gasteiger partial charge in [-0.2, -0.15) is 0 Å². The molecular weight excluding hydrogens is 336 g/mol. The van der Waals surface area contributed by atoms with Crippen molar-refractivity contribution in [1.29, 1.82) is 0 Å². The second-order valence-corrected chi connectivity index (χ2v) is 7.61. The van der Waals surface area contributed by atoms with Crippen molar-refractivity contribution in [2.45, 2.75) is 15.6 Å². The number of carbonyl (C=O) groups excluding carboxylic acids is 1. The maximum absolute atomic E-state index is 11.7. The molecule has 0 saturated carbocycles. The van der Waals surface area contributed by atoms with Crippen LogP contribution in [-0.2, 0) is 4.79 Å². The van der Waals surface area contributed by atoms with E-state index in [9.17, 15) is 4.79 Å². The standard InChI is InChI=1S/C11H11ClN4OS3/c1-2-18-10-15-16-11(20-10)19-6-9(17)14-8-4-3-7(12)5-13-8/h3-5H,2,6H2,1H3,(H,13,14,17). The molecule has 0 aliphatic heterocycles. The third-order valence-electron chi connectivity index (χ3n) is 1.98. The zero-order chi connectivity index (χ0) is 14.4. The first kappa shape index (κ1) is 15.6. The molecule has 2 aromatic rings. The van der Waals surface area contributed by atoms with Crippen LogP contribution in [0.3, 0.4) is 0 Å².